The molecule has 2 heterocycles. The number of fused-ring (bicyclic) bond motifs is 11. The van der Waals surface area contributed by atoms with E-state index in [9.17, 15) is 0 Å². The monoisotopic (exact) mass is 778 g/mol. The van der Waals surface area contributed by atoms with E-state index in [0.29, 0.717) is 0 Å². The average Bonchev–Trinajstić information content (AvgIpc) is 3.88. The molecular weight excluding hydrogens is 745 g/mol. The van der Waals surface area contributed by atoms with Gasteiger partial charge in [-0.2, -0.15) is 0 Å². The molecule has 2 aromatic heterocycles. The summed E-state index contributed by atoms with van der Waals surface area (Å²) in [7, 11) is 0. The number of hydrogen-bond acceptors (Lipinski definition) is 2. The van der Waals surface area contributed by atoms with Crippen molar-refractivity contribution in [2.75, 3.05) is 0 Å². The Bertz CT molecular complexity index is 3840. The van der Waals surface area contributed by atoms with E-state index in [1.165, 1.54) is 108 Å². The second-order valence-corrected chi connectivity index (χ2v) is 17.0. The second kappa shape index (κ2) is 13.0. The molecule has 0 amide bonds. The maximum Gasteiger partial charge on any atom is 0.143 e. The molecule has 278 valence electrons. The van der Waals surface area contributed by atoms with Gasteiger partial charge in [0.05, 0.1) is 0 Å². The van der Waals surface area contributed by atoms with Crippen molar-refractivity contribution in [1.29, 1.82) is 0 Å². The third-order valence-corrected chi connectivity index (χ3v) is 13.8. The summed E-state index contributed by atoms with van der Waals surface area (Å²) in [4.78, 5) is 0. The molecule has 13 aromatic rings. The number of rotatable bonds is 4. The van der Waals surface area contributed by atoms with E-state index in [1.807, 2.05) is 11.3 Å². The topological polar surface area (TPSA) is 13.1 Å². The first kappa shape index (κ1) is 33.5. The van der Waals surface area contributed by atoms with E-state index in [4.69, 9.17) is 4.42 Å². The van der Waals surface area contributed by atoms with Gasteiger partial charge in [-0.25, -0.2) is 0 Å². The molecule has 0 spiro atoms. The lowest BCUT2D eigenvalue weighted by Gasteiger charge is -2.18. The molecule has 0 N–H and O–H groups in total. The summed E-state index contributed by atoms with van der Waals surface area (Å²) in [6.07, 6.45) is 0. The molecule has 60 heavy (non-hydrogen) atoms. The van der Waals surface area contributed by atoms with Crippen LogP contribution in [-0.4, -0.2) is 0 Å². The van der Waals surface area contributed by atoms with Gasteiger partial charge >= 0.3 is 0 Å². The molecule has 2 heteroatoms. The highest BCUT2D eigenvalue weighted by Gasteiger charge is 2.21. The van der Waals surface area contributed by atoms with Crippen molar-refractivity contribution < 1.29 is 4.42 Å². The largest absolute Gasteiger partial charge is 0.455 e. The summed E-state index contributed by atoms with van der Waals surface area (Å²) >= 11 is 1.90. The van der Waals surface area contributed by atoms with Gasteiger partial charge in [-0.1, -0.05) is 176 Å². The van der Waals surface area contributed by atoms with Gasteiger partial charge in [-0.3, -0.25) is 0 Å². The van der Waals surface area contributed by atoms with Gasteiger partial charge in [0, 0.05) is 42.1 Å². The highest BCUT2D eigenvalue weighted by Crippen LogP contribution is 2.48. The van der Waals surface area contributed by atoms with Crippen molar-refractivity contribution >= 4 is 96.5 Å². The minimum Gasteiger partial charge on any atom is -0.455 e. The van der Waals surface area contributed by atoms with E-state index < -0.39 is 0 Å². The number of para-hydroxylation sites is 1. The first-order valence-electron chi connectivity index (χ1n) is 20.6. The fraction of sp³-hybridized carbons (Fsp3) is 0. The number of furan rings is 1. The highest BCUT2D eigenvalue weighted by molar-refractivity contribution is 7.26. The molecule has 0 fully saturated rings. The van der Waals surface area contributed by atoms with E-state index in [1.54, 1.807) is 0 Å². The molecule has 0 radical (unpaired) electrons. The van der Waals surface area contributed by atoms with Crippen LogP contribution in [0.15, 0.2) is 211 Å². The summed E-state index contributed by atoms with van der Waals surface area (Å²) in [5.74, 6) is 0. The number of thiophene rings is 1. The molecule has 0 aliphatic carbocycles. The molecule has 0 saturated heterocycles. The fourth-order valence-corrected chi connectivity index (χ4v) is 11.2. The zero-order valence-electron chi connectivity index (χ0n) is 32.4. The molecule has 11 aromatic carbocycles. The van der Waals surface area contributed by atoms with E-state index in [0.717, 1.165) is 22.1 Å². The zero-order chi connectivity index (χ0) is 39.3. The molecule has 0 saturated carbocycles. The first-order valence-corrected chi connectivity index (χ1v) is 21.4. The van der Waals surface area contributed by atoms with Crippen LogP contribution in [0.1, 0.15) is 0 Å². The van der Waals surface area contributed by atoms with Crippen molar-refractivity contribution in [3.63, 3.8) is 0 Å². The van der Waals surface area contributed by atoms with E-state index >= 15 is 0 Å². The Morgan fingerprint density at radius 2 is 0.850 bits per heavy atom. The van der Waals surface area contributed by atoms with Gasteiger partial charge in [-0.15, -0.1) is 11.3 Å². The van der Waals surface area contributed by atoms with Gasteiger partial charge in [0.2, 0.25) is 0 Å². The standard InChI is InChI=1S/C58H34OS/c1-2-15-39-34-53-51(33-38(39)14-1)48-26-11-25-43(58(48)60-53)40-18-9-16-36(31-40)37-17-10-19-41(32-37)54-44-21-5-7-23-46(44)55(47-24-8-6-22-45(47)54)49-27-12-28-50-56-42-20-4-3-13-35(42)29-30-52(56)59-57(49)50/h1-34H. The Hall–Kier alpha value is -7.52. The minimum atomic E-state index is 0.913. The SMILES string of the molecule is c1cc(-c2cccc(-c3cccc4c3sc3cc5ccccc5cc34)c2)cc(-c2c3ccccc3c(-c3cccc4c3oc3ccc5ccccc5c34)c3ccccc23)c1. The molecule has 0 aliphatic heterocycles. The average molecular weight is 779 g/mol. The van der Waals surface area contributed by atoms with Crippen molar-refractivity contribution in [3.05, 3.63) is 206 Å². The van der Waals surface area contributed by atoms with Crippen molar-refractivity contribution in [3.8, 4) is 44.5 Å². The Kier molecular flexibility index (Phi) is 7.24. The molecule has 0 atom stereocenters. The number of hydrogen-bond donors (Lipinski definition) is 0. The van der Waals surface area contributed by atoms with Gasteiger partial charge in [0.25, 0.3) is 0 Å². The maximum absolute atomic E-state index is 6.82. The third kappa shape index (κ3) is 4.98. The summed E-state index contributed by atoms with van der Waals surface area (Å²) < 4.78 is 9.48. The summed E-state index contributed by atoms with van der Waals surface area (Å²) in [5.41, 5.74) is 11.5. The van der Waals surface area contributed by atoms with Crippen LogP contribution in [0.25, 0.3) is 130 Å². The van der Waals surface area contributed by atoms with Gasteiger partial charge in [0.15, 0.2) is 0 Å². The first-order chi connectivity index (χ1) is 29.7. The van der Waals surface area contributed by atoms with Crippen LogP contribution in [0.2, 0.25) is 0 Å². The lowest BCUT2D eigenvalue weighted by Crippen LogP contribution is -1.91. The summed E-state index contributed by atoms with van der Waals surface area (Å²) in [6.45, 7) is 0. The molecule has 0 bridgehead atoms. The smallest absolute Gasteiger partial charge is 0.143 e. The molecule has 13 rings (SSSR count). The minimum absolute atomic E-state index is 0.913. The Balaban J connectivity index is 0.976. The third-order valence-electron chi connectivity index (χ3n) is 12.6. The predicted molar refractivity (Wildman–Crippen MR) is 258 cm³/mol. The molecule has 1 nitrogen and oxygen atoms in total. The Morgan fingerprint density at radius 1 is 0.317 bits per heavy atom. The summed E-state index contributed by atoms with van der Waals surface area (Å²) in [5, 5.41) is 14.8. The number of benzene rings is 11. The van der Waals surface area contributed by atoms with Crippen molar-refractivity contribution in [1.82, 2.24) is 0 Å². The van der Waals surface area contributed by atoms with Crippen molar-refractivity contribution in [2.24, 2.45) is 0 Å². The maximum atomic E-state index is 6.82. The van der Waals surface area contributed by atoms with Crippen LogP contribution >= 0.6 is 11.3 Å². The normalized spacial score (nSPS) is 12.0. The van der Waals surface area contributed by atoms with Crippen LogP contribution in [0, 0.1) is 0 Å². The van der Waals surface area contributed by atoms with Crippen LogP contribution in [0.3, 0.4) is 0 Å². The second-order valence-electron chi connectivity index (χ2n) is 15.9. The molecule has 0 unspecified atom stereocenters. The van der Waals surface area contributed by atoms with Crippen LogP contribution in [0.4, 0.5) is 0 Å². The fourth-order valence-electron chi connectivity index (χ4n) is 9.93. The zero-order valence-corrected chi connectivity index (χ0v) is 33.3. The van der Waals surface area contributed by atoms with Crippen molar-refractivity contribution in [2.45, 2.75) is 0 Å². The van der Waals surface area contributed by atoms with E-state index in [2.05, 4.69) is 206 Å². The molecule has 0 aliphatic rings. The van der Waals surface area contributed by atoms with Gasteiger partial charge < -0.3 is 4.42 Å². The van der Waals surface area contributed by atoms with Crippen LogP contribution < -0.4 is 0 Å². The lowest BCUT2D eigenvalue weighted by molar-refractivity contribution is 0.670. The van der Waals surface area contributed by atoms with Gasteiger partial charge in [0.1, 0.15) is 11.2 Å². The predicted octanol–water partition coefficient (Wildman–Crippen LogP) is 17.2. The molecular formula is C58H34OS. The Labute approximate surface area is 350 Å². The van der Waals surface area contributed by atoms with E-state index in [-0.39, 0.29) is 0 Å². The quantitative estimate of drug-likeness (QED) is 0.162. The highest BCUT2D eigenvalue weighted by atomic mass is 32.1. The van der Waals surface area contributed by atoms with Crippen LogP contribution in [-0.2, 0) is 0 Å². The Morgan fingerprint density at radius 3 is 1.58 bits per heavy atom. The lowest BCUT2D eigenvalue weighted by atomic mass is 9.85. The van der Waals surface area contributed by atoms with Gasteiger partial charge in [-0.05, 0) is 107 Å². The summed E-state index contributed by atoms with van der Waals surface area (Å²) in [6, 6.07) is 75.6. The van der Waals surface area contributed by atoms with Crippen LogP contribution in [0.5, 0.6) is 0 Å².